The zero-order chi connectivity index (χ0) is 14.8. The lowest BCUT2D eigenvalue weighted by molar-refractivity contribution is 0.234. The van der Waals surface area contributed by atoms with Crippen molar-refractivity contribution in [3.05, 3.63) is 24.3 Å². The van der Waals surface area contributed by atoms with Gasteiger partial charge in [0.2, 0.25) is 9.84 Å². The van der Waals surface area contributed by atoms with E-state index in [1.165, 1.54) is 24.3 Å². The van der Waals surface area contributed by atoms with E-state index in [1.54, 1.807) is 0 Å². The highest BCUT2D eigenvalue weighted by molar-refractivity contribution is 7.91. The van der Waals surface area contributed by atoms with Crippen molar-refractivity contribution < 1.29 is 17.2 Å². The molecule has 7 heteroatoms. The number of benzene rings is 1. The van der Waals surface area contributed by atoms with Gasteiger partial charge in [0.25, 0.3) is 0 Å². The van der Waals surface area contributed by atoms with Crippen LogP contribution in [0.1, 0.15) is 25.7 Å². The van der Waals surface area contributed by atoms with Crippen LogP contribution in [-0.2, 0) is 9.84 Å². The quantitative estimate of drug-likeness (QED) is 0.895. The third-order valence-electron chi connectivity index (χ3n) is 3.59. The molecule has 0 bridgehead atoms. The van der Waals surface area contributed by atoms with E-state index in [0.717, 1.165) is 25.7 Å². The normalized spacial score (nSPS) is 23.8. The Hall–Kier alpha value is -1.21. The molecular weight excluding hydrogens is 286 g/mol. The molecule has 1 saturated carbocycles. The van der Waals surface area contributed by atoms with Crippen LogP contribution in [0.25, 0.3) is 0 Å². The van der Waals surface area contributed by atoms with Gasteiger partial charge in [-0.1, -0.05) is 12.8 Å². The number of alkyl halides is 2. The molecule has 0 saturated heterocycles. The van der Waals surface area contributed by atoms with Crippen LogP contribution in [0.3, 0.4) is 0 Å². The van der Waals surface area contributed by atoms with Crippen molar-refractivity contribution in [3.63, 3.8) is 0 Å². The number of hydrogen-bond acceptors (Lipinski definition) is 4. The Labute approximate surface area is 117 Å². The topological polar surface area (TPSA) is 72.2 Å². The molecule has 4 nitrogen and oxygen atoms in total. The third-order valence-corrected chi connectivity index (χ3v) is 4.99. The molecule has 0 spiro atoms. The van der Waals surface area contributed by atoms with Crippen molar-refractivity contribution in [1.29, 1.82) is 0 Å². The SMILES string of the molecule is NC1CCCCC1Nc1ccc(S(=O)(=O)C(F)F)cc1. The molecule has 20 heavy (non-hydrogen) atoms. The summed E-state index contributed by atoms with van der Waals surface area (Å²) in [5, 5.41) is 3.23. The van der Waals surface area contributed by atoms with Gasteiger partial charge in [0, 0.05) is 17.8 Å². The summed E-state index contributed by atoms with van der Waals surface area (Å²) in [5.74, 6) is -3.40. The highest BCUT2D eigenvalue weighted by atomic mass is 32.2. The molecule has 1 aliphatic rings. The minimum absolute atomic E-state index is 0.0632. The smallest absolute Gasteiger partial charge is 0.341 e. The predicted molar refractivity (Wildman–Crippen MR) is 73.5 cm³/mol. The van der Waals surface area contributed by atoms with Crippen molar-refractivity contribution in [3.8, 4) is 0 Å². The summed E-state index contributed by atoms with van der Waals surface area (Å²) in [6.45, 7) is 0. The van der Waals surface area contributed by atoms with Crippen LogP contribution in [-0.4, -0.2) is 26.3 Å². The van der Waals surface area contributed by atoms with Gasteiger partial charge in [-0.2, -0.15) is 8.78 Å². The van der Waals surface area contributed by atoms with Gasteiger partial charge in [0.1, 0.15) is 0 Å². The minimum atomic E-state index is -4.52. The first kappa shape index (κ1) is 15.2. The van der Waals surface area contributed by atoms with E-state index in [4.69, 9.17) is 5.73 Å². The molecule has 2 atom stereocenters. The first-order chi connectivity index (χ1) is 9.41. The van der Waals surface area contributed by atoms with Crippen LogP contribution in [0.5, 0.6) is 0 Å². The molecule has 1 fully saturated rings. The van der Waals surface area contributed by atoms with Crippen molar-refractivity contribution in [2.24, 2.45) is 5.73 Å². The van der Waals surface area contributed by atoms with Crippen molar-refractivity contribution in [1.82, 2.24) is 0 Å². The lowest BCUT2D eigenvalue weighted by atomic mass is 9.91. The average Bonchev–Trinajstić information content (AvgIpc) is 2.42. The Balaban J connectivity index is 2.09. The van der Waals surface area contributed by atoms with Crippen molar-refractivity contribution in [2.45, 2.75) is 48.4 Å². The fraction of sp³-hybridized carbons (Fsp3) is 0.538. The van der Waals surface area contributed by atoms with Crippen LogP contribution in [0.4, 0.5) is 14.5 Å². The van der Waals surface area contributed by atoms with E-state index in [2.05, 4.69) is 5.32 Å². The van der Waals surface area contributed by atoms with Gasteiger partial charge in [0.05, 0.1) is 4.90 Å². The summed E-state index contributed by atoms with van der Waals surface area (Å²) in [6, 6.07) is 5.58. The van der Waals surface area contributed by atoms with Gasteiger partial charge in [-0.25, -0.2) is 8.42 Å². The van der Waals surface area contributed by atoms with E-state index in [0.29, 0.717) is 5.69 Å². The second kappa shape index (κ2) is 6.05. The Kier molecular flexibility index (Phi) is 4.59. The van der Waals surface area contributed by atoms with Gasteiger partial charge in [-0.3, -0.25) is 0 Å². The van der Waals surface area contributed by atoms with Crippen LogP contribution < -0.4 is 11.1 Å². The molecule has 1 aromatic rings. The number of sulfone groups is 1. The van der Waals surface area contributed by atoms with Crippen LogP contribution in [0, 0.1) is 0 Å². The maximum Gasteiger partial charge on any atom is 0.341 e. The molecule has 0 heterocycles. The zero-order valence-electron chi connectivity index (χ0n) is 10.9. The highest BCUT2D eigenvalue weighted by Crippen LogP contribution is 2.23. The molecular formula is C13H18F2N2O2S. The zero-order valence-corrected chi connectivity index (χ0v) is 11.7. The number of nitrogens with two attached hydrogens (primary N) is 1. The van der Waals surface area contributed by atoms with Gasteiger partial charge in [-0.15, -0.1) is 0 Å². The lowest BCUT2D eigenvalue weighted by Gasteiger charge is -2.30. The maximum atomic E-state index is 12.4. The minimum Gasteiger partial charge on any atom is -0.381 e. The second-order valence-electron chi connectivity index (χ2n) is 5.03. The molecule has 112 valence electrons. The molecule has 1 aliphatic carbocycles. The average molecular weight is 304 g/mol. The molecule has 2 rings (SSSR count). The Morgan fingerprint density at radius 3 is 2.30 bits per heavy atom. The Bertz CT molecular complexity index is 546. The second-order valence-corrected chi connectivity index (χ2v) is 6.95. The molecule has 0 radical (unpaired) electrons. The Morgan fingerprint density at radius 2 is 1.75 bits per heavy atom. The molecule has 1 aromatic carbocycles. The van der Waals surface area contributed by atoms with E-state index >= 15 is 0 Å². The fourth-order valence-electron chi connectivity index (χ4n) is 2.40. The number of rotatable bonds is 4. The van der Waals surface area contributed by atoms with Gasteiger partial charge in [0.15, 0.2) is 0 Å². The van der Waals surface area contributed by atoms with Crippen molar-refractivity contribution in [2.75, 3.05) is 5.32 Å². The molecule has 2 unspecified atom stereocenters. The van der Waals surface area contributed by atoms with Gasteiger partial charge >= 0.3 is 5.76 Å². The summed E-state index contributed by atoms with van der Waals surface area (Å²) in [7, 11) is -4.52. The summed E-state index contributed by atoms with van der Waals surface area (Å²) >= 11 is 0. The largest absolute Gasteiger partial charge is 0.381 e. The van der Waals surface area contributed by atoms with E-state index in [1.807, 2.05) is 0 Å². The van der Waals surface area contributed by atoms with E-state index in [9.17, 15) is 17.2 Å². The monoisotopic (exact) mass is 304 g/mol. The first-order valence-corrected chi connectivity index (χ1v) is 8.10. The van der Waals surface area contributed by atoms with E-state index in [-0.39, 0.29) is 17.0 Å². The maximum absolute atomic E-state index is 12.4. The van der Waals surface area contributed by atoms with Crippen LogP contribution in [0.15, 0.2) is 29.2 Å². The number of nitrogens with one attached hydrogen (secondary N) is 1. The van der Waals surface area contributed by atoms with E-state index < -0.39 is 15.6 Å². The highest BCUT2D eigenvalue weighted by Gasteiger charge is 2.26. The predicted octanol–water partition coefficient (Wildman–Crippen LogP) is 2.36. The van der Waals surface area contributed by atoms with Gasteiger partial charge in [-0.05, 0) is 37.1 Å². The summed E-state index contributed by atoms with van der Waals surface area (Å²) in [5.41, 5.74) is 6.70. The third kappa shape index (κ3) is 3.27. The summed E-state index contributed by atoms with van der Waals surface area (Å²) < 4.78 is 47.4. The Morgan fingerprint density at radius 1 is 1.15 bits per heavy atom. The lowest BCUT2D eigenvalue weighted by Crippen LogP contribution is -2.42. The standard InChI is InChI=1S/C13H18F2N2O2S/c14-13(15)20(18,19)10-7-5-9(6-8-10)17-12-4-2-1-3-11(12)16/h5-8,11-13,17H,1-4,16H2. The molecule has 0 aliphatic heterocycles. The molecule has 3 N–H and O–H groups in total. The number of anilines is 1. The molecule has 0 amide bonds. The van der Waals surface area contributed by atoms with Crippen LogP contribution >= 0.6 is 0 Å². The molecule has 0 aromatic heterocycles. The summed E-state index contributed by atoms with van der Waals surface area (Å²) in [6.07, 6.45) is 4.13. The number of halogens is 2. The summed E-state index contributed by atoms with van der Waals surface area (Å²) in [4.78, 5) is -0.369. The number of hydrogen-bond donors (Lipinski definition) is 2. The fourth-order valence-corrected chi connectivity index (χ4v) is 3.12. The van der Waals surface area contributed by atoms with Gasteiger partial charge < -0.3 is 11.1 Å². The van der Waals surface area contributed by atoms with Crippen LogP contribution in [0.2, 0.25) is 0 Å². The first-order valence-electron chi connectivity index (χ1n) is 6.55. The van der Waals surface area contributed by atoms with Crippen molar-refractivity contribution >= 4 is 15.5 Å².